The summed E-state index contributed by atoms with van der Waals surface area (Å²) in [5.74, 6) is -1.95. The molecule has 4 rings (SSSR count). The van der Waals surface area contributed by atoms with E-state index >= 15 is 0 Å². The SMILES string of the molecule is COC(=O)CC(C(=O)OC)c1c2ccccc2c(=O)n2c1sc1ccccc12. The van der Waals surface area contributed by atoms with E-state index in [-0.39, 0.29) is 12.0 Å². The predicted octanol–water partition coefficient (Wildman–Crippen LogP) is 3.49. The fourth-order valence-electron chi connectivity index (χ4n) is 3.54. The predicted molar refractivity (Wildman–Crippen MR) is 108 cm³/mol. The number of hydrogen-bond donors (Lipinski definition) is 0. The molecule has 0 aliphatic carbocycles. The van der Waals surface area contributed by atoms with Gasteiger partial charge in [-0.15, -0.1) is 11.3 Å². The standard InChI is InChI=1S/C21H17NO5S/c1-26-17(23)11-14(21(25)27-2)18-12-7-3-4-8-13(12)19(24)22-15-9-5-6-10-16(15)28-20(18)22/h3-10,14H,11H2,1-2H3. The number of pyridine rings is 1. The molecule has 2 aromatic heterocycles. The first-order chi connectivity index (χ1) is 13.6. The molecule has 1 unspecified atom stereocenters. The Morgan fingerprint density at radius 3 is 2.39 bits per heavy atom. The minimum absolute atomic E-state index is 0.159. The van der Waals surface area contributed by atoms with Gasteiger partial charge in [0.25, 0.3) is 5.56 Å². The molecule has 0 radical (unpaired) electrons. The summed E-state index contributed by atoms with van der Waals surface area (Å²) in [5, 5.41) is 1.12. The van der Waals surface area contributed by atoms with Crippen LogP contribution < -0.4 is 5.56 Å². The minimum atomic E-state index is -0.883. The Bertz CT molecular complexity index is 1290. The highest BCUT2D eigenvalue weighted by atomic mass is 32.1. The van der Waals surface area contributed by atoms with E-state index in [1.807, 2.05) is 30.3 Å². The molecule has 0 aliphatic heterocycles. The number of aromatic nitrogens is 1. The third-order valence-electron chi connectivity index (χ3n) is 4.83. The molecule has 0 saturated heterocycles. The number of hydrogen-bond acceptors (Lipinski definition) is 6. The van der Waals surface area contributed by atoms with Gasteiger partial charge < -0.3 is 9.47 Å². The first-order valence-electron chi connectivity index (χ1n) is 8.66. The van der Waals surface area contributed by atoms with Crippen LogP contribution in [0.2, 0.25) is 0 Å². The van der Waals surface area contributed by atoms with Crippen LogP contribution in [-0.4, -0.2) is 30.6 Å². The molecule has 0 amide bonds. The summed E-state index contributed by atoms with van der Waals surface area (Å²) in [5.41, 5.74) is 1.21. The van der Waals surface area contributed by atoms with E-state index in [0.717, 1.165) is 10.2 Å². The number of methoxy groups -OCH3 is 2. The van der Waals surface area contributed by atoms with Crippen LogP contribution in [0.3, 0.4) is 0 Å². The number of fused-ring (bicyclic) bond motifs is 4. The van der Waals surface area contributed by atoms with Crippen LogP contribution in [0.1, 0.15) is 17.9 Å². The summed E-state index contributed by atoms with van der Waals surface area (Å²) < 4.78 is 12.3. The average Bonchev–Trinajstić information content (AvgIpc) is 3.11. The van der Waals surface area contributed by atoms with Gasteiger partial charge in [-0.25, -0.2) is 0 Å². The topological polar surface area (TPSA) is 74.1 Å². The van der Waals surface area contributed by atoms with Crippen molar-refractivity contribution in [3.8, 4) is 0 Å². The van der Waals surface area contributed by atoms with E-state index in [2.05, 4.69) is 0 Å². The Kier molecular flexibility index (Phi) is 4.60. The van der Waals surface area contributed by atoms with Crippen molar-refractivity contribution in [2.75, 3.05) is 14.2 Å². The van der Waals surface area contributed by atoms with Crippen molar-refractivity contribution < 1.29 is 19.1 Å². The molecule has 0 N–H and O–H groups in total. The molecule has 4 aromatic rings. The Labute approximate surface area is 163 Å². The minimum Gasteiger partial charge on any atom is -0.469 e. The molecule has 0 spiro atoms. The van der Waals surface area contributed by atoms with Gasteiger partial charge in [-0.05, 0) is 23.6 Å². The van der Waals surface area contributed by atoms with Crippen molar-refractivity contribution in [3.05, 3.63) is 64.4 Å². The fourth-order valence-corrected chi connectivity index (χ4v) is 4.79. The van der Waals surface area contributed by atoms with E-state index in [9.17, 15) is 14.4 Å². The molecule has 6 nitrogen and oxygen atoms in total. The Morgan fingerprint density at radius 1 is 1.00 bits per heavy atom. The second kappa shape index (κ2) is 7.09. The van der Waals surface area contributed by atoms with E-state index in [1.165, 1.54) is 25.6 Å². The van der Waals surface area contributed by atoms with E-state index in [4.69, 9.17) is 9.47 Å². The second-order valence-corrected chi connectivity index (χ2v) is 7.36. The normalized spacial score (nSPS) is 12.4. The summed E-state index contributed by atoms with van der Waals surface area (Å²) in [4.78, 5) is 38.5. The van der Waals surface area contributed by atoms with Crippen molar-refractivity contribution in [2.24, 2.45) is 0 Å². The lowest BCUT2D eigenvalue weighted by Gasteiger charge is -2.17. The number of thiazole rings is 1. The van der Waals surface area contributed by atoms with Crippen LogP contribution in [0.15, 0.2) is 53.3 Å². The van der Waals surface area contributed by atoms with Crippen molar-refractivity contribution >= 4 is 49.1 Å². The first kappa shape index (κ1) is 18.2. The fraction of sp³-hybridized carbons (Fsp3) is 0.190. The zero-order valence-electron chi connectivity index (χ0n) is 15.3. The number of ether oxygens (including phenoxy) is 2. The largest absolute Gasteiger partial charge is 0.469 e. The number of benzene rings is 2. The zero-order chi connectivity index (χ0) is 19.8. The van der Waals surface area contributed by atoms with Gasteiger partial charge in [0.1, 0.15) is 4.83 Å². The Balaban J connectivity index is 2.18. The maximum Gasteiger partial charge on any atom is 0.313 e. The molecular weight excluding hydrogens is 378 g/mol. The molecule has 2 aromatic carbocycles. The van der Waals surface area contributed by atoms with Crippen molar-refractivity contribution in [1.82, 2.24) is 4.40 Å². The third kappa shape index (κ3) is 2.75. The van der Waals surface area contributed by atoms with Crippen LogP contribution in [0.5, 0.6) is 0 Å². The zero-order valence-corrected chi connectivity index (χ0v) is 16.1. The second-order valence-electron chi connectivity index (χ2n) is 6.33. The number of nitrogens with zero attached hydrogens (tertiary/aromatic N) is 1. The van der Waals surface area contributed by atoms with E-state index < -0.39 is 17.9 Å². The molecule has 7 heteroatoms. The van der Waals surface area contributed by atoms with Gasteiger partial charge in [-0.2, -0.15) is 0 Å². The number of para-hydroxylation sites is 1. The molecule has 0 bridgehead atoms. The molecule has 0 fully saturated rings. The lowest BCUT2D eigenvalue weighted by atomic mass is 9.92. The van der Waals surface area contributed by atoms with Gasteiger partial charge in [0, 0.05) is 10.9 Å². The van der Waals surface area contributed by atoms with Crippen LogP contribution in [0.4, 0.5) is 0 Å². The third-order valence-corrected chi connectivity index (χ3v) is 5.99. The summed E-state index contributed by atoms with van der Waals surface area (Å²) >= 11 is 1.41. The molecule has 28 heavy (non-hydrogen) atoms. The maximum atomic E-state index is 13.2. The molecule has 142 valence electrons. The van der Waals surface area contributed by atoms with Gasteiger partial charge in [0.05, 0.1) is 36.8 Å². The number of carbonyl (C=O) groups is 2. The highest BCUT2D eigenvalue weighted by Gasteiger charge is 2.31. The average molecular weight is 395 g/mol. The Morgan fingerprint density at radius 2 is 1.68 bits per heavy atom. The lowest BCUT2D eigenvalue weighted by molar-refractivity contribution is -0.148. The summed E-state index contributed by atoms with van der Waals surface area (Å²) in [6.45, 7) is 0. The van der Waals surface area contributed by atoms with Crippen LogP contribution in [0, 0.1) is 0 Å². The lowest BCUT2D eigenvalue weighted by Crippen LogP contribution is -2.22. The van der Waals surface area contributed by atoms with Gasteiger partial charge in [-0.1, -0.05) is 30.3 Å². The van der Waals surface area contributed by atoms with E-state index in [1.54, 1.807) is 22.6 Å². The van der Waals surface area contributed by atoms with Crippen LogP contribution in [-0.2, 0) is 19.1 Å². The van der Waals surface area contributed by atoms with E-state index in [0.29, 0.717) is 21.2 Å². The Hall–Kier alpha value is -3.19. The molecule has 2 heterocycles. The van der Waals surface area contributed by atoms with Gasteiger partial charge in [0.2, 0.25) is 0 Å². The quantitative estimate of drug-likeness (QED) is 0.495. The molecule has 0 aliphatic rings. The smallest absolute Gasteiger partial charge is 0.313 e. The van der Waals surface area contributed by atoms with Gasteiger partial charge in [-0.3, -0.25) is 18.8 Å². The monoisotopic (exact) mass is 395 g/mol. The maximum absolute atomic E-state index is 13.2. The van der Waals surface area contributed by atoms with Gasteiger partial charge >= 0.3 is 11.9 Å². The summed E-state index contributed by atoms with van der Waals surface area (Å²) in [7, 11) is 2.56. The molecule has 0 saturated carbocycles. The van der Waals surface area contributed by atoms with Crippen LogP contribution in [0.25, 0.3) is 25.8 Å². The van der Waals surface area contributed by atoms with Crippen molar-refractivity contribution in [3.63, 3.8) is 0 Å². The van der Waals surface area contributed by atoms with Crippen molar-refractivity contribution in [2.45, 2.75) is 12.3 Å². The first-order valence-corrected chi connectivity index (χ1v) is 9.48. The highest BCUT2D eigenvalue weighted by Crippen LogP contribution is 2.37. The highest BCUT2D eigenvalue weighted by molar-refractivity contribution is 7.24. The van der Waals surface area contributed by atoms with Crippen molar-refractivity contribution in [1.29, 1.82) is 0 Å². The van der Waals surface area contributed by atoms with Gasteiger partial charge in [0.15, 0.2) is 0 Å². The molecule has 1 atom stereocenters. The van der Waals surface area contributed by atoms with Crippen LogP contribution >= 0.6 is 11.3 Å². The number of carbonyl (C=O) groups excluding carboxylic acids is 2. The number of esters is 2. The number of rotatable bonds is 4. The summed E-state index contributed by atoms with van der Waals surface area (Å²) in [6, 6.07) is 14.7. The summed E-state index contributed by atoms with van der Waals surface area (Å²) in [6.07, 6.45) is -0.171. The molecular formula is C21H17NO5S.